The number of ether oxygens (including phenoxy) is 9. The van der Waals surface area contributed by atoms with Crippen molar-refractivity contribution in [2.24, 2.45) is 0 Å². The average Bonchev–Trinajstić information content (AvgIpc) is 3.36. The number of rotatable bonds is 29. The van der Waals surface area contributed by atoms with Gasteiger partial charge in [-0.25, -0.2) is 0 Å². The molecule has 0 aromatic carbocycles. The van der Waals surface area contributed by atoms with Crippen molar-refractivity contribution in [1.29, 1.82) is 0 Å². The lowest BCUT2D eigenvalue weighted by Crippen LogP contribution is -2.65. The fraction of sp³-hybridized carbons (Fsp3) is 0.809. The third kappa shape index (κ3) is 18.1. The molecular formula is C47H78O24. The Morgan fingerprint density at radius 2 is 0.873 bits per heavy atom. The second kappa shape index (κ2) is 32.1. The van der Waals surface area contributed by atoms with E-state index in [-0.39, 0.29) is 6.42 Å². The van der Waals surface area contributed by atoms with E-state index in [1.807, 2.05) is 18.2 Å². The average molecular weight is 1030 g/mol. The van der Waals surface area contributed by atoms with Crippen molar-refractivity contribution in [3.8, 4) is 0 Å². The summed E-state index contributed by atoms with van der Waals surface area (Å²) in [4.78, 5) is 13.0. The zero-order valence-electron chi connectivity index (χ0n) is 39.9. The molecule has 24 heteroatoms. The highest BCUT2D eigenvalue weighted by Crippen LogP contribution is 2.32. The van der Waals surface area contributed by atoms with Gasteiger partial charge in [0, 0.05) is 6.42 Å². The van der Waals surface area contributed by atoms with Crippen LogP contribution in [0.5, 0.6) is 0 Å². The lowest BCUT2D eigenvalue weighted by Gasteiger charge is -2.46. The van der Waals surface area contributed by atoms with Crippen LogP contribution in [0.15, 0.2) is 48.6 Å². The van der Waals surface area contributed by atoms with Crippen LogP contribution in [0.3, 0.4) is 0 Å². The first-order chi connectivity index (χ1) is 34.1. The fourth-order valence-electron chi connectivity index (χ4n) is 8.05. The summed E-state index contributed by atoms with van der Waals surface area (Å²) in [6.45, 7) is -2.54. The summed E-state index contributed by atoms with van der Waals surface area (Å²) in [5.74, 6) is -0.683. The van der Waals surface area contributed by atoms with Crippen LogP contribution in [0.1, 0.15) is 71.1 Å². The molecular weight excluding hydrogens is 948 g/mol. The van der Waals surface area contributed by atoms with Crippen LogP contribution < -0.4 is 0 Å². The Balaban J connectivity index is 1.41. The second-order valence-electron chi connectivity index (χ2n) is 17.8. The van der Waals surface area contributed by atoms with Gasteiger partial charge < -0.3 is 114 Å². The van der Waals surface area contributed by atoms with Crippen LogP contribution in [0.2, 0.25) is 0 Å². The van der Waals surface area contributed by atoms with Gasteiger partial charge in [-0.05, 0) is 44.9 Å². The van der Waals surface area contributed by atoms with Gasteiger partial charge in [-0.15, -0.1) is 0 Å². The topological polar surface area (TPSA) is 383 Å². The summed E-state index contributed by atoms with van der Waals surface area (Å²) >= 11 is 0. The van der Waals surface area contributed by atoms with E-state index < -0.39 is 175 Å². The molecule has 14 N–H and O–H groups in total. The molecule has 4 heterocycles. The normalized spacial score (nSPS) is 38.7. The second-order valence-corrected chi connectivity index (χ2v) is 17.8. The van der Waals surface area contributed by atoms with E-state index in [2.05, 4.69) is 37.3 Å². The summed E-state index contributed by atoms with van der Waals surface area (Å²) in [5, 5.41) is 146. The first kappa shape index (κ1) is 61.1. The zero-order chi connectivity index (χ0) is 52.0. The summed E-state index contributed by atoms with van der Waals surface area (Å²) in [6, 6.07) is 0. The smallest absolute Gasteiger partial charge is 0.305 e. The molecule has 4 aliphatic rings. The van der Waals surface area contributed by atoms with Gasteiger partial charge in [-0.3, -0.25) is 4.79 Å². The van der Waals surface area contributed by atoms with Crippen LogP contribution in [-0.2, 0) is 47.4 Å². The van der Waals surface area contributed by atoms with E-state index in [0.717, 1.165) is 19.3 Å². The molecule has 410 valence electrons. The van der Waals surface area contributed by atoms with Crippen LogP contribution in [-0.4, -0.2) is 246 Å². The van der Waals surface area contributed by atoms with Gasteiger partial charge in [0.25, 0.3) is 0 Å². The molecule has 4 saturated heterocycles. The van der Waals surface area contributed by atoms with Crippen LogP contribution >= 0.6 is 0 Å². The Bertz CT molecular complexity index is 1600. The number of carbonyl (C=O) groups is 1. The molecule has 0 aliphatic carbocycles. The minimum Gasteiger partial charge on any atom is -0.463 e. The molecule has 24 nitrogen and oxygen atoms in total. The third-order valence-corrected chi connectivity index (χ3v) is 12.3. The van der Waals surface area contributed by atoms with Gasteiger partial charge in [-0.2, -0.15) is 0 Å². The molecule has 4 aliphatic heterocycles. The highest BCUT2D eigenvalue weighted by molar-refractivity contribution is 5.69. The first-order valence-electron chi connectivity index (χ1n) is 24.3. The van der Waals surface area contributed by atoms with Gasteiger partial charge in [0.1, 0.15) is 110 Å². The first-order valence-corrected chi connectivity index (χ1v) is 24.3. The van der Waals surface area contributed by atoms with Crippen LogP contribution in [0.4, 0.5) is 0 Å². The number of allylic oxidation sites excluding steroid dienone is 8. The number of hydrogen-bond donors (Lipinski definition) is 14. The highest BCUT2D eigenvalue weighted by Gasteiger charge is 2.53. The van der Waals surface area contributed by atoms with E-state index in [9.17, 15) is 76.3 Å². The summed E-state index contributed by atoms with van der Waals surface area (Å²) in [6.07, 6.45) is -12.5. The molecule has 4 rings (SSSR count). The number of carbonyl (C=O) groups excluding carboxylic acids is 1. The number of unbranched alkanes of at least 4 members (excludes halogenated alkanes) is 4. The summed E-state index contributed by atoms with van der Waals surface area (Å²) in [7, 11) is 0. The lowest BCUT2D eigenvalue weighted by molar-refractivity contribution is -0.371. The predicted molar refractivity (Wildman–Crippen MR) is 243 cm³/mol. The molecule has 0 radical (unpaired) electrons. The predicted octanol–water partition coefficient (Wildman–Crippen LogP) is -3.67. The van der Waals surface area contributed by atoms with Crippen LogP contribution in [0.25, 0.3) is 0 Å². The van der Waals surface area contributed by atoms with Crippen LogP contribution in [0, 0.1) is 0 Å². The monoisotopic (exact) mass is 1030 g/mol. The van der Waals surface area contributed by atoms with Crippen molar-refractivity contribution < 1.29 is 119 Å². The minimum atomic E-state index is -2.01. The Labute approximate surface area is 412 Å². The SMILES string of the molecule is CCCCC/C=C\C/C=C\C/C=C\C/C=C\CCCC(=O)OCC(CO[C@@H]1O[C@H](CO)[C@@H](O)[C@H](O[C@@H]2O[C@H](CO)[C@@H](O)[C@H](O)[C@H]2O)[C@H]1O)O[C@@H]1O[C@H](CO)[C@@H](O)[C@H](O[C@@H]2O[C@H](CO)[C@@H](O)[C@H](O)[C@H]2O)[C@H]1O. The molecule has 1 unspecified atom stereocenters. The van der Waals surface area contributed by atoms with E-state index in [1.165, 1.54) is 19.3 Å². The molecule has 71 heavy (non-hydrogen) atoms. The van der Waals surface area contributed by atoms with Gasteiger partial charge >= 0.3 is 5.97 Å². The summed E-state index contributed by atoms with van der Waals surface area (Å²) in [5.41, 5.74) is 0. The van der Waals surface area contributed by atoms with Gasteiger partial charge in [0.15, 0.2) is 25.2 Å². The Morgan fingerprint density at radius 3 is 1.34 bits per heavy atom. The Morgan fingerprint density at radius 1 is 0.465 bits per heavy atom. The van der Waals surface area contributed by atoms with E-state index in [4.69, 9.17) is 42.6 Å². The fourth-order valence-corrected chi connectivity index (χ4v) is 8.05. The van der Waals surface area contributed by atoms with E-state index in [1.54, 1.807) is 0 Å². The van der Waals surface area contributed by atoms with E-state index in [0.29, 0.717) is 19.3 Å². The maximum Gasteiger partial charge on any atom is 0.305 e. The van der Waals surface area contributed by atoms with Gasteiger partial charge in [0.05, 0.1) is 33.0 Å². The molecule has 21 atom stereocenters. The maximum atomic E-state index is 13.0. The standard InChI is InChI=1S/C47H78O24/c1-2-3-4-5-6-7-8-9-10-11-12-13-14-15-16-17-18-19-31(52)63-24-26(65-47-41(62)43(35(56)30(23-51)69-47)71-46-39(60)37(58)33(54)28(21-49)68-46)25-64-44-40(61)42(34(55)29(22-50)66-44)70-45-38(59)36(57)32(53)27(20-48)67-45/h6-7,9-10,12-13,15-16,26-30,32-51,53-62H,2-5,8,11,14,17-25H2,1H3/b7-6-,10-9-,13-12-,16-15-/t26?,27-,28-,29-,30-,32-,33-,34-,35-,36+,37+,38-,39-,40-,41-,42+,43+,44-,45+,46+,47-/m1/s1. The molecule has 0 aromatic rings. The molecule has 0 spiro atoms. The molecule has 0 saturated carbocycles. The maximum absolute atomic E-state index is 13.0. The van der Waals surface area contributed by atoms with Crippen molar-refractivity contribution in [3.63, 3.8) is 0 Å². The van der Waals surface area contributed by atoms with Gasteiger partial charge in [0.2, 0.25) is 0 Å². The quantitative estimate of drug-likeness (QED) is 0.0195. The Kier molecular flexibility index (Phi) is 27.6. The van der Waals surface area contributed by atoms with Gasteiger partial charge in [-0.1, -0.05) is 68.4 Å². The van der Waals surface area contributed by atoms with Crippen molar-refractivity contribution in [3.05, 3.63) is 48.6 Å². The van der Waals surface area contributed by atoms with Crippen molar-refractivity contribution in [2.75, 3.05) is 39.6 Å². The molecule has 0 aromatic heterocycles. The number of esters is 1. The van der Waals surface area contributed by atoms with E-state index >= 15 is 0 Å². The molecule has 0 amide bonds. The molecule has 0 bridgehead atoms. The number of hydrogen-bond acceptors (Lipinski definition) is 24. The highest BCUT2D eigenvalue weighted by atomic mass is 16.8. The minimum absolute atomic E-state index is 0.0422. The van der Waals surface area contributed by atoms with Crippen molar-refractivity contribution >= 4 is 5.97 Å². The Hall–Kier alpha value is -2.45. The van der Waals surface area contributed by atoms with Crippen molar-refractivity contribution in [2.45, 2.75) is 200 Å². The molecule has 4 fully saturated rings. The lowest BCUT2D eigenvalue weighted by atomic mass is 9.97. The number of aliphatic hydroxyl groups is 14. The third-order valence-electron chi connectivity index (χ3n) is 12.3. The van der Waals surface area contributed by atoms with Crippen molar-refractivity contribution in [1.82, 2.24) is 0 Å². The zero-order valence-corrected chi connectivity index (χ0v) is 39.9. The number of aliphatic hydroxyl groups excluding tert-OH is 14. The largest absolute Gasteiger partial charge is 0.463 e. The summed E-state index contributed by atoms with van der Waals surface area (Å²) < 4.78 is 50.5.